The Labute approximate surface area is 161 Å². The van der Waals surface area contributed by atoms with Gasteiger partial charge in [0.1, 0.15) is 11.8 Å². The average Bonchev–Trinajstić information content (AvgIpc) is 2.67. The second-order valence-electron chi connectivity index (χ2n) is 6.13. The van der Waals surface area contributed by atoms with Crippen LogP contribution in [0.15, 0.2) is 53.0 Å². The number of anilines is 1. The lowest BCUT2D eigenvalue weighted by molar-refractivity contribution is -0.125. The molecule has 0 spiro atoms. The van der Waals surface area contributed by atoms with Crippen LogP contribution in [0.25, 0.3) is 0 Å². The molecule has 1 saturated heterocycles. The molecule has 2 aromatic rings. The Balaban J connectivity index is 1.85. The maximum atomic E-state index is 13.2. The van der Waals surface area contributed by atoms with E-state index in [0.717, 1.165) is 10.0 Å². The highest BCUT2D eigenvalue weighted by Gasteiger charge is 2.41. The molecule has 1 fully saturated rings. The third-order valence-corrected chi connectivity index (χ3v) is 5.10. The van der Waals surface area contributed by atoms with Crippen molar-refractivity contribution < 1.29 is 14.3 Å². The number of nitrogens with zero attached hydrogens (tertiary/aromatic N) is 1. The van der Waals surface area contributed by atoms with Gasteiger partial charge in [0.15, 0.2) is 6.61 Å². The number of benzene rings is 2. The number of amides is 1. The van der Waals surface area contributed by atoms with Gasteiger partial charge < -0.3 is 14.8 Å². The third kappa shape index (κ3) is 4.06. The van der Waals surface area contributed by atoms with E-state index >= 15 is 0 Å². The van der Waals surface area contributed by atoms with Crippen molar-refractivity contribution in [2.45, 2.75) is 18.3 Å². The number of halogens is 1. The summed E-state index contributed by atoms with van der Waals surface area (Å²) in [6.45, 7) is 1.07. The molecule has 0 unspecified atom stereocenters. The van der Waals surface area contributed by atoms with E-state index in [-0.39, 0.29) is 12.5 Å². The summed E-state index contributed by atoms with van der Waals surface area (Å²) in [5.41, 5.74) is 1.01. The minimum Gasteiger partial charge on any atom is -0.479 e. The van der Waals surface area contributed by atoms with Crippen LogP contribution in [0, 0.1) is 11.3 Å². The quantitative estimate of drug-likeness (QED) is 0.800. The van der Waals surface area contributed by atoms with Crippen LogP contribution in [0.4, 0.5) is 5.69 Å². The first-order chi connectivity index (χ1) is 12.6. The molecular weight excluding hydrogens is 396 g/mol. The van der Waals surface area contributed by atoms with Gasteiger partial charge in [-0.15, -0.1) is 0 Å². The standard InChI is InChI=1S/C20H19BrN2O3/c21-16-6-4-15(5-7-16)20(8-11-25-12-9-20)19(24)23-17-2-1-3-18(14-17)26-13-10-22/h1-7,14H,8-9,11-13H2,(H,23,24). The van der Waals surface area contributed by atoms with Gasteiger partial charge >= 0.3 is 0 Å². The van der Waals surface area contributed by atoms with Crippen LogP contribution in [0.1, 0.15) is 18.4 Å². The van der Waals surface area contributed by atoms with E-state index in [0.29, 0.717) is 37.5 Å². The van der Waals surface area contributed by atoms with Crippen molar-refractivity contribution in [3.8, 4) is 11.8 Å². The molecule has 0 saturated carbocycles. The maximum absolute atomic E-state index is 13.2. The van der Waals surface area contributed by atoms with Crippen molar-refractivity contribution in [2.75, 3.05) is 25.1 Å². The second kappa shape index (κ2) is 8.35. The summed E-state index contributed by atoms with van der Waals surface area (Å²) >= 11 is 3.44. The summed E-state index contributed by atoms with van der Waals surface area (Å²) in [7, 11) is 0. The molecule has 0 atom stereocenters. The number of hydrogen-bond donors (Lipinski definition) is 1. The molecule has 3 rings (SSSR count). The molecule has 1 aliphatic heterocycles. The number of rotatable bonds is 5. The van der Waals surface area contributed by atoms with Crippen molar-refractivity contribution >= 4 is 27.5 Å². The van der Waals surface area contributed by atoms with Gasteiger partial charge in [-0.25, -0.2) is 0 Å². The predicted octanol–water partition coefficient (Wildman–Crippen LogP) is 4.04. The van der Waals surface area contributed by atoms with Gasteiger partial charge in [0.05, 0.1) is 5.41 Å². The van der Waals surface area contributed by atoms with Crippen LogP contribution < -0.4 is 10.1 Å². The fraction of sp³-hybridized carbons (Fsp3) is 0.300. The SMILES string of the molecule is N#CCOc1cccc(NC(=O)C2(c3ccc(Br)cc3)CCOCC2)c1. The third-order valence-electron chi connectivity index (χ3n) is 4.57. The van der Waals surface area contributed by atoms with Gasteiger partial charge in [0, 0.05) is 29.4 Å². The number of nitriles is 1. The van der Waals surface area contributed by atoms with Gasteiger partial charge in [0.25, 0.3) is 0 Å². The molecule has 1 N–H and O–H groups in total. The average molecular weight is 415 g/mol. The Bertz CT molecular complexity index is 809. The highest BCUT2D eigenvalue weighted by atomic mass is 79.9. The molecule has 0 aliphatic carbocycles. The molecule has 6 heteroatoms. The van der Waals surface area contributed by atoms with Gasteiger partial charge in [-0.3, -0.25) is 4.79 Å². The molecule has 0 aromatic heterocycles. The largest absolute Gasteiger partial charge is 0.479 e. The molecule has 2 aromatic carbocycles. The predicted molar refractivity (Wildman–Crippen MR) is 102 cm³/mol. The van der Waals surface area contributed by atoms with Gasteiger partial charge in [0.2, 0.25) is 5.91 Å². The summed E-state index contributed by atoms with van der Waals surface area (Å²) in [6, 6.07) is 16.9. The monoisotopic (exact) mass is 414 g/mol. The van der Waals surface area contributed by atoms with Crippen molar-refractivity contribution in [3.05, 3.63) is 58.6 Å². The first kappa shape index (κ1) is 18.4. The molecule has 0 radical (unpaired) electrons. The Morgan fingerprint density at radius 1 is 1.23 bits per heavy atom. The number of nitrogens with one attached hydrogen (secondary N) is 1. The molecule has 134 valence electrons. The van der Waals surface area contributed by atoms with Gasteiger partial charge in [-0.1, -0.05) is 34.1 Å². The van der Waals surface area contributed by atoms with E-state index in [1.165, 1.54) is 0 Å². The van der Waals surface area contributed by atoms with Crippen LogP contribution in [0.5, 0.6) is 5.75 Å². The van der Waals surface area contributed by atoms with Crippen LogP contribution >= 0.6 is 15.9 Å². The Kier molecular flexibility index (Phi) is 5.92. The van der Waals surface area contributed by atoms with E-state index in [1.807, 2.05) is 36.4 Å². The van der Waals surface area contributed by atoms with Crippen molar-refractivity contribution in [3.63, 3.8) is 0 Å². The smallest absolute Gasteiger partial charge is 0.235 e. The lowest BCUT2D eigenvalue weighted by atomic mass is 9.73. The lowest BCUT2D eigenvalue weighted by Gasteiger charge is -2.36. The Morgan fingerprint density at radius 3 is 2.65 bits per heavy atom. The molecular formula is C20H19BrN2O3. The van der Waals surface area contributed by atoms with E-state index in [1.54, 1.807) is 18.2 Å². The Morgan fingerprint density at radius 2 is 1.96 bits per heavy atom. The minimum absolute atomic E-state index is 0.0302. The zero-order chi connectivity index (χ0) is 18.4. The van der Waals surface area contributed by atoms with Crippen LogP contribution in [0.3, 0.4) is 0 Å². The summed E-state index contributed by atoms with van der Waals surface area (Å²) in [5.74, 6) is 0.495. The minimum atomic E-state index is -0.623. The van der Waals surface area contributed by atoms with Crippen molar-refractivity contribution in [1.29, 1.82) is 5.26 Å². The van der Waals surface area contributed by atoms with Gasteiger partial charge in [-0.2, -0.15) is 5.26 Å². The topological polar surface area (TPSA) is 71.3 Å². The fourth-order valence-corrected chi connectivity index (χ4v) is 3.43. The van der Waals surface area contributed by atoms with E-state index < -0.39 is 5.41 Å². The van der Waals surface area contributed by atoms with Crippen molar-refractivity contribution in [1.82, 2.24) is 0 Å². The number of ether oxygens (including phenoxy) is 2. The summed E-state index contributed by atoms with van der Waals surface area (Å²) in [6.07, 6.45) is 1.26. The molecule has 1 heterocycles. The summed E-state index contributed by atoms with van der Waals surface area (Å²) in [5, 5.41) is 11.6. The van der Waals surface area contributed by atoms with Crippen molar-refractivity contribution in [2.24, 2.45) is 0 Å². The first-order valence-electron chi connectivity index (χ1n) is 8.39. The normalized spacial score (nSPS) is 15.7. The maximum Gasteiger partial charge on any atom is 0.235 e. The fourth-order valence-electron chi connectivity index (χ4n) is 3.17. The number of hydrogen-bond acceptors (Lipinski definition) is 4. The number of carbonyl (C=O) groups excluding carboxylic acids is 1. The van der Waals surface area contributed by atoms with Crippen LogP contribution in [-0.4, -0.2) is 25.7 Å². The number of carbonyl (C=O) groups is 1. The zero-order valence-electron chi connectivity index (χ0n) is 14.2. The molecule has 26 heavy (non-hydrogen) atoms. The van der Waals surface area contributed by atoms with E-state index in [2.05, 4.69) is 21.2 Å². The zero-order valence-corrected chi connectivity index (χ0v) is 15.8. The highest BCUT2D eigenvalue weighted by Crippen LogP contribution is 2.37. The molecule has 1 amide bonds. The van der Waals surface area contributed by atoms with Crippen LogP contribution in [0.2, 0.25) is 0 Å². The molecule has 1 aliphatic rings. The van der Waals surface area contributed by atoms with E-state index in [4.69, 9.17) is 14.7 Å². The first-order valence-corrected chi connectivity index (χ1v) is 9.18. The van der Waals surface area contributed by atoms with Crippen LogP contribution in [-0.2, 0) is 14.9 Å². The summed E-state index contributed by atoms with van der Waals surface area (Å²) < 4.78 is 11.8. The molecule has 5 nitrogen and oxygen atoms in total. The lowest BCUT2D eigenvalue weighted by Crippen LogP contribution is -2.44. The molecule has 0 bridgehead atoms. The second-order valence-corrected chi connectivity index (χ2v) is 7.05. The summed E-state index contributed by atoms with van der Waals surface area (Å²) in [4.78, 5) is 13.2. The van der Waals surface area contributed by atoms with E-state index in [9.17, 15) is 4.79 Å². The van der Waals surface area contributed by atoms with Gasteiger partial charge in [-0.05, 0) is 42.7 Å². The highest BCUT2D eigenvalue weighted by molar-refractivity contribution is 9.10. The Hall–Kier alpha value is -2.36.